The van der Waals surface area contributed by atoms with Crippen LogP contribution in [0.1, 0.15) is 19.3 Å². The van der Waals surface area contributed by atoms with Gasteiger partial charge in [0.1, 0.15) is 0 Å². The number of hydrogen-bond acceptors (Lipinski definition) is 1. The SMILES string of the molecule is Cl/C=C/CNCC1CCCC1CCl. The number of halogens is 2. The van der Waals surface area contributed by atoms with Crippen molar-refractivity contribution in [2.24, 2.45) is 11.8 Å². The Labute approximate surface area is 90.5 Å². The Morgan fingerprint density at radius 3 is 2.77 bits per heavy atom. The Morgan fingerprint density at radius 2 is 2.08 bits per heavy atom. The highest BCUT2D eigenvalue weighted by Gasteiger charge is 2.25. The van der Waals surface area contributed by atoms with Gasteiger partial charge in [0.05, 0.1) is 0 Å². The van der Waals surface area contributed by atoms with Gasteiger partial charge in [-0.1, -0.05) is 24.1 Å². The van der Waals surface area contributed by atoms with E-state index in [2.05, 4.69) is 5.32 Å². The fourth-order valence-electron chi connectivity index (χ4n) is 1.98. The third kappa shape index (κ3) is 3.88. The molecule has 1 N–H and O–H groups in total. The average Bonchev–Trinajstić information content (AvgIpc) is 2.60. The maximum atomic E-state index is 5.88. The molecule has 0 aromatic heterocycles. The van der Waals surface area contributed by atoms with Gasteiger partial charge in [-0.2, -0.15) is 0 Å². The van der Waals surface area contributed by atoms with Crippen LogP contribution in [0, 0.1) is 11.8 Å². The smallest absolute Gasteiger partial charge is 0.0254 e. The van der Waals surface area contributed by atoms with Gasteiger partial charge >= 0.3 is 0 Å². The third-order valence-corrected chi connectivity index (χ3v) is 3.35. The minimum absolute atomic E-state index is 0.731. The molecular formula is C10H17Cl2N. The van der Waals surface area contributed by atoms with Crippen molar-refractivity contribution in [3.05, 3.63) is 11.6 Å². The number of alkyl halides is 1. The molecule has 0 amide bonds. The summed E-state index contributed by atoms with van der Waals surface area (Å²) in [5.74, 6) is 2.33. The molecule has 2 unspecified atom stereocenters. The van der Waals surface area contributed by atoms with Crippen molar-refractivity contribution in [1.29, 1.82) is 0 Å². The molecule has 0 spiro atoms. The van der Waals surface area contributed by atoms with Crippen LogP contribution in [0.3, 0.4) is 0 Å². The maximum Gasteiger partial charge on any atom is 0.0254 e. The zero-order valence-electron chi connectivity index (χ0n) is 7.81. The molecule has 1 rings (SSSR count). The Hall–Kier alpha value is 0.280. The fraction of sp³-hybridized carbons (Fsp3) is 0.800. The van der Waals surface area contributed by atoms with Crippen LogP contribution in [-0.2, 0) is 0 Å². The third-order valence-electron chi connectivity index (χ3n) is 2.77. The Morgan fingerprint density at radius 1 is 1.31 bits per heavy atom. The van der Waals surface area contributed by atoms with Crippen molar-refractivity contribution < 1.29 is 0 Å². The van der Waals surface area contributed by atoms with E-state index in [0.717, 1.165) is 30.8 Å². The van der Waals surface area contributed by atoms with E-state index in [0.29, 0.717) is 0 Å². The maximum absolute atomic E-state index is 5.88. The van der Waals surface area contributed by atoms with Crippen LogP contribution in [0.25, 0.3) is 0 Å². The van der Waals surface area contributed by atoms with Gasteiger partial charge in [0.15, 0.2) is 0 Å². The van der Waals surface area contributed by atoms with Crippen LogP contribution in [0.4, 0.5) is 0 Å². The van der Waals surface area contributed by atoms with Gasteiger partial charge < -0.3 is 5.32 Å². The molecule has 13 heavy (non-hydrogen) atoms. The molecule has 0 aromatic rings. The lowest BCUT2D eigenvalue weighted by Crippen LogP contribution is -2.26. The number of hydrogen-bond donors (Lipinski definition) is 1. The summed E-state index contributed by atoms with van der Waals surface area (Å²) in [5.41, 5.74) is 1.56. The molecule has 0 bridgehead atoms. The molecule has 3 heteroatoms. The van der Waals surface area contributed by atoms with E-state index in [1.54, 1.807) is 5.54 Å². The summed E-state index contributed by atoms with van der Waals surface area (Å²) in [7, 11) is 0. The molecule has 1 aliphatic rings. The Kier molecular flexibility index (Phi) is 5.85. The second-order valence-corrected chi connectivity index (χ2v) is 4.19. The first-order valence-electron chi connectivity index (χ1n) is 4.90. The largest absolute Gasteiger partial charge is 0.313 e. The number of rotatable bonds is 5. The summed E-state index contributed by atoms with van der Waals surface area (Å²) in [4.78, 5) is 0. The molecule has 0 radical (unpaired) electrons. The summed E-state index contributed by atoms with van der Waals surface area (Å²) in [5, 5.41) is 3.36. The lowest BCUT2D eigenvalue weighted by Gasteiger charge is -2.16. The van der Waals surface area contributed by atoms with Crippen molar-refractivity contribution in [2.45, 2.75) is 19.3 Å². The predicted molar refractivity (Wildman–Crippen MR) is 59.4 cm³/mol. The van der Waals surface area contributed by atoms with Gasteiger partial charge in [0, 0.05) is 18.0 Å². The normalized spacial score (nSPS) is 28.8. The van der Waals surface area contributed by atoms with E-state index in [1.165, 1.54) is 19.3 Å². The fourth-order valence-corrected chi connectivity index (χ4v) is 2.48. The molecule has 0 aliphatic heterocycles. The van der Waals surface area contributed by atoms with Crippen molar-refractivity contribution in [3.8, 4) is 0 Å². The highest BCUT2D eigenvalue weighted by atomic mass is 35.5. The Bertz CT molecular complexity index is 159. The van der Waals surface area contributed by atoms with Gasteiger partial charge in [0.25, 0.3) is 0 Å². The van der Waals surface area contributed by atoms with Gasteiger partial charge in [-0.25, -0.2) is 0 Å². The molecule has 0 aromatic carbocycles. The van der Waals surface area contributed by atoms with Crippen molar-refractivity contribution in [3.63, 3.8) is 0 Å². The van der Waals surface area contributed by atoms with Crippen LogP contribution >= 0.6 is 23.2 Å². The zero-order chi connectivity index (χ0) is 9.52. The van der Waals surface area contributed by atoms with E-state index in [-0.39, 0.29) is 0 Å². The van der Waals surface area contributed by atoms with Crippen LogP contribution in [0.5, 0.6) is 0 Å². The molecule has 0 heterocycles. The van der Waals surface area contributed by atoms with Crippen molar-refractivity contribution in [1.82, 2.24) is 5.32 Å². The highest BCUT2D eigenvalue weighted by Crippen LogP contribution is 2.31. The molecule has 1 aliphatic carbocycles. The van der Waals surface area contributed by atoms with Gasteiger partial charge in [-0.05, 0) is 31.2 Å². The van der Waals surface area contributed by atoms with Crippen LogP contribution in [0.2, 0.25) is 0 Å². The average molecular weight is 222 g/mol. The van der Waals surface area contributed by atoms with E-state index >= 15 is 0 Å². The molecule has 2 atom stereocenters. The second kappa shape index (κ2) is 6.69. The van der Waals surface area contributed by atoms with Crippen molar-refractivity contribution in [2.75, 3.05) is 19.0 Å². The van der Waals surface area contributed by atoms with Crippen LogP contribution in [-0.4, -0.2) is 19.0 Å². The van der Waals surface area contributed by atoms with Gasteiger partial charge in [-0.3, -0.25) is 0 Å². The van der Waals surface area contributed by atoms with E-state index < -0.39 is 0 Å². The van der Waals surface area contributed by atoms with Crippen LogP contribution in [0.15, 0.2) is 11.6 Å². The number of nitrogens with one attached hydrogen (secondary N) is 1. The molecule has 1 fully saturated rings. The first-order chi connectivity index (χ1) is 6.38. The Balaban J connectivity index is 2.12. The minimum Gasteiger partial charge on any atom is -0.313 e. The van der Waals surface area contributed by atoms with E-state index in [1.807, 2.05) is 6.08 Å². The molecule has 76 valence electrons. The summed E-state index contributed by atoms with van der Waals surface area (Å²) in [6.07, 6.45) is 5.90. The van der Waals surface area contributed by atoms with Gasteiger partial charge in [-0.15, -0.1) is 11.6 Å². The molecule has 1 nitrogen and oxygen atoms in total. The van der Waals surface area contributed by atoms with E-state index in [4.69, 9.17) is 23.2 Å². The summed E-state index contributed by atoms with van der Waals surface area (Å²) < 4.78 is 0. The zero-order valence-corrected chi connectivity index (χ0v) is 9.32. The topological polar surface area (TPSA) is 12.0 Å². The molecule has 0 saturated heterocycles. The molecular weight excluding hydrogens is 205 g/mol. The summed E-state index contributed by atoms with van der Waals surface area (Å²) in [6.45, 7) is 1.95. The second-order valence-electron chi connectivity index (χ2n) is 3.63. The first kappa shape index (κ1) is 11.4. The summed E-state index contributed by atoms with van der Waals surface area (Å²) >= 11 is 11.3. The van der Waals surface area contributed by atoms with Crippen LogP contribution < -0.4 is 5.32 Å². The van der Waals surface area contributed by atoms with E-state index in [9.17, 15) is 0 Å². The quantitative estimate of drug-likeness (QED) is 0.557. The lowest BCUT2D eigenvalue weighted by atomic mass is 9.98. The minimum atomic E-state index is 0.731. The monoisotopic (exact) mass is 221 g/mol. The standard InChI is InChI=1S/C10H17Cl2N/c11-5-2-6-13-8-10-4-1-3-9(10)7-12/h2,5,9-10,13H,1,3-4,6-8H2/b5-2+. The lowest BCUT2D eigenvalue weighted by molar-refractivity contribution is 0.403. The predicted octanol–water partition coefficient (Wildman–Crippen LogP) is 2.98. The first-order valence-corrected chi connectivity index (χ1v) is 5.87. The van der Waals surface area contributed by atoms with Gasteiger partial charge in [0.2, 0.25) is 0 Å². The molecule has 1 saturated carbocycles. The highest BCUT2D eigenvalue weighted by molar-refractivity contribution is 6.25. The van der Waals surface area contributed by atoms with Crippen molar-refractivity contribution >= 4 is 23.2 Å². The summed E-state index contributed by atoms with van der Waals surface area (Å²) in [6, 6.07) is 0.